The molecule has 1 amide bonds. The van der Waals surface area contributed by atoms with Gasteiger partial charge in [0.2, 0.25) is 5.91 Å². The molecule has 7 heavy (non-hydrogen) atoms. The molecule has 1 N–H and O–H groups in total. The average molecular weight is 99.1 g/mol. The maximum absolute atomic E-state index is 10.3. The van der Waals surface area contributed by atoms with Crippen LogP contribution in [0.2, 0.25) is 0 Å². The minimum absolute atomic E-state index is 0.0475. The molecule has 0 aromatic rings. The standard InChI is InChI=1S/C4H7N2O/c7-4-3-5-1-2-6-4/h1-3H2,(H,6,7). The van der Waals surface area contributed by atoms with Crippen molar-refractivity contribution in [1.29, 1.82) is 0 Å². The lowest BCUT2D eigenvalue weighted by Crippen LogP contribution is -2.40. The molecule has 0 atom stereocenters. The predicted octanol–water partition coefficient (Wildman–Crippen LogP) is -1.28. The number of rotatable bonds is 0. The Morgan fingerprint density at radius 3 is 2.86 bits per heavy atom. The van der Waals surface area contributed by atoms with Crippen molar-refractivity contribution >= 4 is 5.91 Å². The number of amides is 1. The van der Waals surface area contributed by atoms with Crippen molar-refractivity contribution in [3.63, 3.8) is 0 Å². The molecular formula is C4H7N2O. The van der Waals surface area contributed by atoms with Gasteiger partial charge in [0.05, 0.1) is 6.54 Å². The van der Waals surface area contributed by atoms with E-state index in [4.69, 9.17) is 0 Å². The summed E-state index contributed by atoms with van der Waals surface area (Å²) in [5.41, 5.74) is 0. The predicted molar refractivity (Wildman–Crippen MR) is 24.9 cm³/mol. The summed E-state index contributed by atoms with van der Waals surface area (Å²) < 4.78 is 0. The lowest BCUT2D eigenvalue weighted by Gasteiger charge is -2.09. The van der Waals surface area contributed by atoms with Crippen molar-refractivity contribution in [2.24, 2.45) is 0 Å². The molecule has 1 saturated heterocycles. The first-order valence-electron chi connectivity index (χ1n) is 2.29. The highest BCUT2D eigenvalue weighted by Crippen LogP contribution is 1.72. The third-order valence-corrected chi connectivity index (χ3v) is 0.847. The van der Waals surface area contributed by atoms with Crippen LogP contribution in [-0.4, -0.2) is 25.5 Å². The van der Waals surface area contributed by atoms with Gasteiger partial charge in [-0.15, -0.1) is 0 Å². The average Bonchev–Trinajstić information content (AvgIpc) is 1.69. The maximum atomic E-state index is 10.3. The van der Waals surface area contributed by atoms with Crippen molar-refractivity contribution in [3.8, 4) is 0 Å². The Bertz CT molecular complexity index is 73.8. The van der Waals surface area contributed by atoms with Gasteiger partial charge in [-0.1, -0.05) is 0 Å². The van der Waals surface area contributed by atoms with E-state index in [2.05, 4.69) is 10.6 Å². The van der Waals surface area contributed by atoms with Gasteiger partial charge in [0.1, 0.15) is 0 Å². The lowest BCUT2D eigenvalue weighted by molar-refractivity contribution is -0.121. The second kappa shape index (κ2) is 1.93. The lowest BCUT2D eigenvalue weighted by atomic mass is 10.4. The summed E-state index contributed by atoms with van der Waals surface area (Å²) >= 11 is 0. The second-order valence-corrected chi connectivity index (χ2v) is 1.46. The molecule has 0 aromatic carbocycles. The first-order valence-corrected chi connectivity index (χ1v) is 2.29. The van der Waals surface area contributed by atoms with Crippen LogP contribution in [0.4, 0.5) is 0 Å². The SMILES string of the molecule is O=C1C[N]CCN1. The molecule has 0 bridgehead atoms. The van der Waals surface area contributed by atoms with E-state index >= 15 is 0 Å². The van der Waals surface area contributed by atoms with E-state index < -0.39 is 0 Å². The molecule has 0 unspecified atom stereocenters. The minimum atomic E-state index is 0.0475. The Kier molecular flexibility index (Phi) is 1.26. The largest absolute Gasteiger partial charge is 0.354 e. The van der Waals surface area contributed by atoms with E-state index in [1.807, 2.05) is 0 Å². The molecule has 39 valence electrons. The zero-order chi connectivity index (χ0) is 5.11. The second-order valence-electron chi connectivity index (χ2n) is 1.46. The van der Waals surface area contributed by atoms with Gasteiger partial charge >= 0.3 is 0 Å². The molecule has 1 radical (unpaired) electrons. The summed E-state index contributed by atoms with van der Waals surface area (Å²) in [5, 5.41) is 6.50. The van der Waals surface area contributed by atoms with Gasteiger partial charge in [0.25, 0.3) is 0 Å². The normalized spacial score (nSPS) is 21.4. The fourth-order valence-corrected chi connectivity index (χ4v) is 0.511. The first-order chi connectivity index (χ1) is 3.39. The van der Waals surface area contributed by atoms with Crippen LogP contribution in [0.5, 0.6) is 0 Å². The molecule has 1 fully saturated rings. The van der Waals surface area contributed by atoms with Crippen molar-refractivity contribution < 1.29 is 4.79 Å². The van der Waals surface area contributed by atoms with Gasteiger partial charge in [-0.25, -0.2) is 5.32 Å². The molecule has 0 aliphatic carbocycles. The quantitative estimate of drug-likeness (QED) is 0.404. The van der Waals surface area contributed by atoms with Crippen LogP contribution >= 0.6 is 0 Å². The molecule has 3 heteroatoms. The van der Waals surface area contributed by atoms with E-state index in [1.54, 1.807) is 0 Å². The van der Waals surface area contributed by atoms with Crippen LogP contribution in [0.25, 0.3) is 0 Å². The van der Waals surface area contributed by atoms with Gasteiger partial charge in [-0.05, 0) is 0 Å². The highest BCUT2D eigenvalue weighted by atomic mass is 16.2. The Morgan fingerprint density at radius 2 is 2.57 bits per heavy atom. The highest BCUT2D eigenvalue weighted by Gasteiger charge is 2.04. The van der Waals surface area contributed by atoms with Gasteiger partial charge in [-0.3, -0.25) is 4.79 Å². The van der Waals surface area contributed by atoms with Gasteiger partial charge in [0, 0.05) is 13.1 Å². The van der Waals surface area contributed by atoms with E-state index in [-0.39, 0.29) is 5.91 Å². The zero-order valence-corrected chi connectivity index (χ0v) is 3.98. The Morgan fingerprint density at radius 1 is 1.71 bits per heavy atom. The molecule has 1 rings (SSSR count). The number of carbonyl (C=O) groups is 1. The van der Waals surface area contributed by atoms with Gasteiger partial charge < -0.3 is 5.32 Å². The maximum Gasteiger partial charge on any atom is 0.235 e. The van der Waals surface area contributed by atoms with Crippen LogP contribution < -0.4 is 10.6 Å². The summed E-state index contributed by atoms with van der Waals surface area (Å²) in [5.74, 6) is 0.0475. The van der Waals surface area contributed by atoms with Crippen molar-refractivity contribution in [2.45, 2.75) is 0 Å². The Balaban J connectivity index is 2.25. The highest BCUT2D eigenvalue weighted by molar-refractivity contribution is 5.78. The van der Waals surface area contributed by atoms with Gasteiger partial charge in [-0.2, -0.15) is 0 Å². The van der Waals surface area contributed by atoms with E-state index in [9.17, 15) is 4.79 Å². The monoisotopic (exact) mass is 99.1 g/mol. The topological polar surface area (TPSA) is 43.2 Å². The third-order valence-electron chi connectivity index (χ3n) is 0.847. The number of hydrogen-bond donors (Lipinski definition) is 1. The first kappa shape index (κ1) is 4.59. The van der Waals surface area contributed by atoms with Crippen LogP contribution in [0.15, 0.2) is 0 Å². The van der Waals surface area contributed by atoms with E-state index in [0.29, 0.717) is 6.54 Å². The summed E-state index contributed by atoms with van der Waals surface area (Å²) in [6.07, 6.45) is 0. The Labute approximate surface area is 42.1 Å². The van der Waals surface area contributed by atoms with Crippen LogP contribution in [0.3, 0.4) is 0 Å². The van der Waals surface area contributed by atoms with E-state index in [1.165, 1.54) is 0 Å². The van der Waals surface area contributed by atoms with Crippen LogP contribution in [-0.2, 0) is 4.79 Å². The molecule has 3 nitrogen and oxygen atoms in total. The molecule has 0 aromatic heterocycles. The zero-order valence-electron chi connectivity index (χ0n) is 3.98. The Hall–Kier alpha value is -0.570. The number of nitrogens with zero attached hydrogens (tertiary/aromatic N) is 1. The van der Waals surface area contributed by atoms with Crippen LogP contribution in [0.1, 0.15) is 0 Å². The minimum Gasteiger partial charge on any atom is -0.354 e. The molecule has 1 aliphatic rings. The number of carbonyl (C=O) groups excluding carboxylic acids is 1. The summed E-state index contributed by atoms with van der Waals surface area (Å²) in [4.78, 5) is 10.3. The van der Waals surface area contributed by atoms with Gasteiger partial charge in [0.15, 0.2) is 0 Å². The molecule has 0 spiro atoms. The number of hydrogen-bond acceptors (Lipinski definition) is 1. The van der Waals surface area contributed by atoms with Crippen molar-refractivity contribution in [3.05, 3.63) is 0 Å². The summed E-state index contributed by atoms with van der Waals surface area (Å²) in [6.45, 7) is 1.87. The van der Waals surface area contributed by atoms with Crippen LogP contribution in [0, 0.1) is 0 Å². The number of nitrogens with one attached hydrogen (secondary N) is 1. The smallest absolute Gasteiger partial charge is 0.235 e. The van der Waals surface area contributed by atoms with Crippen molar-refractivity contribution in [1.82, 2.24) is 10.6 Å². The molecular weight excluding hydrogens is 92.1 g/mol. The molecule has 1 aliphatic heterocycles. The van der Waals surface area contributed by atoms with E-state index in [0.717, 1.165) is 13.1 Å². The number of piperazine rings is 1. The fourth-order valence-electron chi connectivity index (χ4n) is 0.511. The molecule has 0 saturated carbocycles. The summed E-state index contributed by atoms with van der Waals surface area (Å²) in [7, 11) is 0. The fraction of sp³-hybridized carbons (Fsp3) is 0.750. The summed E-state index contributed by atoms with van der Waals surface area (Å²) in [6, 6.07) is 0. The molecule has 1 heterocycles. The van der Waals surface area contributed by atoms with Crippen molar-refractivity contribution in [2.75, 3.05) is 19.6 Å². The third kappa shape index (κ3) is 1.16.